The van der Waals surface area contributed by atoms with Crippen molar-refractivity contribution >= 4 is 11.9 Å². The van der Waals surface area contributed by atoms with Gasteiger partial charge < -0.3 is 4.90 Å². The quantitative estimate of drug-likeness (QED) is 0.808. The van der Waals surface area contributed by atoms with Crippen LogP contribution < -0.4 is 0 Å². The average Bonchev–Trinajstić information content (AvgIpc) is 3.08. The van der Waals surface area contributed by atoms with E-state index in [1.807, 2.05) is 41.9 Å². The summed E-state index contributed by atoms with van der Waals surface area (Å²) in [7, 11) is 0. The van der Waals surface area contributed by atoms with Crippen molar-refractivity contribution in [3.8, 4) is 0 Å². The molecule has 0 spiro atoms. The zero-order valence-electron chi connectivity index (χ0n) is 13.6. The molecule has 2 aromatic rings. The number of aryl methyl sites for hydroxylation is 2. The first kappa shape index (κ1) is 14.9. The van der Waals surface area contributed by atoms with E-state index in [-0.39, 0.29) is 24.5 Å². The van der Waals surface area contributed by atoms with Crippen molar-refractivity contribution in [2.45, 2.75) is 38.9 Å². The highest BCUT2D eigenvalue weighted by Crippen LogP contribution is 2.32. The molecule has 0 aliphatic carbocycles. The molecule has 3 amide bonds. The highest BCUT2D eigenvalue weighted by molar-refractivity contribution is 6.02. The number of benzene rings is 1. The second-order valence-corrected chi connectivity index (χ2v) is 6.29. The molecule has 7 heteroatoms. The molecule has 124 valence electrons. The molecule has 1 fully saturated rings. The molecule has 0 N–H and O–H groups in total. The molecule has 0 saturated carbocycles. The van der Waals surface area contributed by atoms with Gasteiger partial charge in [0.15, 0.2) is 5.82 Å². The minimum absolute atomic E-state index is 0.122. The van der Waals surface area contributed by atoms with E-state index in [9.17, 15) is 9.59 Å². The van der Waals surface area contributed by atoms with E-state index in [0.29, 0.717) is 12.4 Å². The summed E-state index contributed by atoms with van der Waals surface area (Å²) in [4.78, 5) is 32.7. The van der Waals surface area contributed by atoms with E-state index >= 15 is 0 Å². The van der Waals surface area contributed by atoms with Gasteiger partial charge in [-0.2, -0.15) is 5.10 Å². The zero-order valence-corrected chi connectivity index (χ0v) is 13.6. The van der Waals surface area contributed by atoms with Crippen molar-refractivity contribution in [1.82, 2.24) is 24.6 Å². The maximum absolute atomic E-state index is 12.8. The van der Waals surface area contributed by atoms with Crippen LogP contribution >= 0.6 is 0 Å². The van der Waals surface area contributed by atoms with Gasteiger partial charge in [0.05, 0.1) is 0 Å². The molecule has 3 heterocycles. The van der Waals surface area contributed by atoms with Crippen LogP contribution in [0.3, 0.4) is 0 Å². The summed E-state index contributed by atoms with van der Waals surface area (Å²) in [6.45, 7) is 3.19. The molecule has 2 aliphatic rings. The molecular weight excluding hydrogens is 306 g/mol. The fourth-order valence-electron chi connectivity index (χ4n) is 3.49. The summed E-state index contributed by atoms with van der Waals surface area (Å²) in [6, 6.07) is 9.18. The number of urea groups is 1. The molecule has 0 unspecified atom stereocenters. The number of fused-ring (bicyclic) bond motifs is 1. The van der Waals surface area contributed by atoms with Gasteiger partial charge in [-0.1, -0.05) is 30.3 Å². The molecule has 1 atom stereocenters. The van der Waals surface area contributed by atoms with Crippen LogP contribution in [0.5, 0.6) is 0 Å². The Morgan fingerprint density at radius 1 is 1.21 bits per heavy atom. The highest BCUT2D eigenvalue weighted by atomic mass is 16.2. The fourth-order valence-corrected chi connectivity index (χ4v) is 3.49. The van der Waals surface area contributed by atoms with E-state index in [2.05, 4.69) is 10.1 Å². The number of carbonyl (C=O) groups is 2. The molecule has 7 nitrogen and oxygen atoms in total. The lowest BCUT2D eigenvalue weighted by atomic mass is 10.1. The first-order valence-corrected chi connectivity index (χ1v) is 8.20. The molecule has 1 aromatic heterocycles. The first-order chi connectivity index (χ1) is 11.6. The Labute approximate surface area is 139 Å². The van der Waals surface area contributed by atoms with Gasteiger partial charge in [0, 0.05) is 13.1 Å². The van der Waals surface area contributed by atoms with Crippen molar-refractivity contribution in [3.05, 3.63) is 47.5 Å². The van der Waals surface area contributed by atoms with Crippen LogP contribution in [0, 0.1) is 6.92 Å². The number of hydrogen-bond acceptors (Lipinski definition) is 4. The Morgan fingerprint density at radius 2 is 2.00 bits per heavy atom. The largest absolute Gasteiger partial charge is 0.328 e. The van der Waals surface area contributed by atoms with Gasteiger partial charge in [0.2, 0.25) is 0 Å². The van der Waals surface area contributed by atoms with Gasteiger partial charge in [0.25, 0.3) is 5.91 Å². The second kappa shape index (κ2) is 5.74. The Hall–Kier alpha value is -2.70. The van der Waals surface area contributed by atoms with Gasteiger partial charge in [-0.05, 0) is 25.3 Å². The lowest BCUT2D eigenvalue weighted by Crippen LogP contribution is -2.39. The van der Waals surface area contributed by atoms with E-state index in [1.165, 1.54) is 4.90 Å². The summed E-state index contributed by atoms with van der Waals surface area (Å²) < 4.78 is 1.82. The lowest BCUT2D eigenvalue weighted by Gasteiger charge is -2.29. The normalized spacial score (nSPS) is 20.6. The third kappa shape index (κ3) is 2.46. The second-order valence-electron chi connectivity index (χ2n) is 6.29. The van der Waals surface area contributed by atoms with E-state index in [4.69, 9.17) is 0 Å². The zero-order chi connectivity index (χ0) is 16.7. The Kier molecular flexibility index (Phi) is 3.55. The molecule has 2 aliphatic heterocycles. The number of hydrogen-bond donors (Lipinski definition) is 0. The van der Waals surface area contributed by atoms with Crippen LogP contribution in [0.25, 0.3) is 0 Å². The summed E-state index contributed by atoms with van der Waals surface area (Å²) in [5.74, 6) is 1.24. The fraction of sp³-hybridized carbons (Fsp3) is 0.412. The molecule has 0 radical (unpaired) electrons. The molecule has 24 heavy (non-hydrogen) atoms. The van der Waals surface area contributed by atoms with Crippen LogP contribution in [-0.2, 0) is 17.9 Å². The van der Waals surface area contributed by atoms with Gasteiger partial charge in [0.1, 0.15) is 18.4 Å². The number of rotatable bonds is 3. The third-order valence-corrected chi connectivity index (χ3v) is 4.55. The number of amides is 3. The number of imide groups is 1. The van der Waals surface area contributed by atoms with Crippen molar-refractivity contribution in [2.24, 2.45) is 0 Å². The Morgan fingerprint density at radius 3 is 2.79 bits per heavy atom. The van der Waals surface area contributed by atoms with Crippen molar-refractivity contribution in [2.75, 3.05) is 6.54 Å². The summed E-state index contributed by atoms with van der Waals surface area (Å²) in [5, 5.41) is 4.35. The third-order valence-electron chi connectivity index (χ3n) is 4.55. The van der Waals surface area contributed by atoms with Crippen LogP contribution in [0.4, 0.5) is 4.79 Å². The molecular formula is C17H19N5O2. The standard InChI is InChI=1S/C17H19N5O2/c1-12-18-16-14(8-5-9-21(16)19-12)22-15(23)11-20(17(22)24)10-13-6-3-2-4-7-13/h2-4,6-7,14H,5,8-11H2,1H3/t14-/m0/s1. The minimum atomic E-state index is -0.305. The van der Waals surface area contributed by atoms with Gasteiger partial charge in [-0.15, -0.1) is 0 Å². The molecule has 1 aromatic carbocycles. The number of nitrogens with zero attached hydrogens (tertiary/aromatic N) is 5. The maximum Gasteiger partial charge on any atom is 0.328 e. The predicted octanol–water partition coefficient (Wildman–Crippen LogP) is 1.89. The van der Waals surface area contributed by atoms with Gasteiger partial charge >= 0.3 is 6.03 Å². The highest BCUT2D eigenvalue weighted by Gasteiger charge is 2.43. The van der Waals surface area contributed by atoms with Crippen LogP contribution in [0.1, 0.15) is 36.1 Å². The predicted molar refractivity (Wildman–Crippen MR) is 85.8 cm³/mol. The van der Waals surface area contributed by atoms with Crippen molar-refractivity contribution in [1.29, 1.82) is 0 Å². The summed E-state index contributed by atoms with van der Waals surface area (Å²) >= 11 is 0. The molecule has 0 bridgehead atoms. The minimum Gasteiger partial charge on any atom is -0.311 e. The lowest BCUT2D eigenvalue weighted by molar-refractivity contribution is -0.127. The monoisotopic (exact) mass is 325 g/mol. The van der Waals surface area contributed by atoms with Gasteiger partial charge in [-0.3, -0.25) is 9.69 Å². The Bertz CT molecular complexity index is 786. The maximum atomic E-state index is 12.8. The number of aromatic nitrogens is 3. The first-order valence-electron chi connectivity index (χ1n) is 8.20. The smallest absolute Gasteiger partial charge is 0.311 e. The van der Waals surface area contributed by atoms with E-state index in [1.54, 1.807) is 4.90 Å². The van der Waals surface area contributed by atoms with Crippen molar-refractivity contribution in [3.63, 3.8) is 0 Å². The van der Waals surface area contributed by atoms with Crippen LogP contribution in [0.2, 0.25) is 0 Å². The Balaban J connectivity index is 1.58. The van der Waals surface area contributed by atoms with Crippen molar-refractivity contribution < 1.29 is 9.59 Å². The molecule has 1 saturated heterocycles. The topological polar surface area (TPSA) is 71.3 Å². The van der Waals surface area contributed by atoms with Gasteiger partial charge in [-0.25, -0.2) is 14.5 Å². The average molecular weight is 325 g/mol. The summed E-state index contributed by atoms with van der Waals surface area (Å²) in [6.07, 6.45) is 1.63. The van der Waals surface area contributed by atoms with Crippen LogP contribution in [-0.4, -0.2) is 43.0 Å². The van der Waals surface area contributed by atoms with E-state index < -0.39 is 0 Å². The molecule has 4 rings (SSSR count). The van der Waals surface area contributed by atoms with E-state index in [0.717, 1.165) is 30.8 Å². The SMILES string of the molecule is Cc1nc2n(n1)CCC[C@@H]2N1C(=O)CN(Cc2ccccc2)C1=O. The van der Waals surface area contributed by atoms with Crippen LogP contribution in [0.15, 0.2) is 30.3 Å². The summed E-state index contributed by atoms with van der Waals surface area (Å²) in [5.41, 5.74) is 1.02. The number of carbonyl (C=O) groups excluding carboxylic acids is 2.